The van der Waals surface area contributed by atoms with Crippen LogP contribution in [0.5, 0.6) is 0 Å². The van der Waals surface area contributed by atoms with Gasteiger partial charge in [0.2, 0.25) is 0 Å². The van der Waals surface area contributed by atoms with E-state index in [0.29, 0.717) is 12.6 Å². The predicted molar refractivity (Wildman–Crippen MR) is 82.3 cm³/mol. The summed E-state index contributed by atoms with van der Waals surface area (Å²) in [7, 11) is 2.12. The average molecular weight is 296 g/mol. The van der Waals surface area contributed by atoms with Gasteiger partial charge in [0, 0.05) is 18.5 Å². The number of carbonyl (C=O) groups is 1. The number of aromatic nitrogens is 1. The molecule has 0 atom stereocenters. The minimum absolute atomic E-state index is 0.196. The molecule has 1 aliphatic rings. The lowest BCUT2D eigenvalue weighted by Crippen LogP contribution is -2.34. The van der Waals surface area contributed by atoms with Crippen molar-refractivity contribution < 1.29 is 9.53 Å². The molecule has 0 saturated heterocycles. The van der Waals surface area contributed by atoms with Crippen LogP contribution in [0.15, 0.2) is 5.38 Å². The molecule has 1 fully saturated rings. The minimum Gasteiger partial charge on any atom is -0.466 e. The van der Waals surface area contributed by atoms with Crippen molar-refractivity contribution in [1.29, 1.82) is 0 Å². The van der Waals surface area contributed by atoms with Crippen molar-refractivity contribution in [3.8, 4) is 0 Å². The van der Waals surface area contributed by atoms with Crippen LogP contribution in [0.3, 0.4) is 0 Å². The molecular formula is C15H24N2O2S. The van der Waals surface area contributed by atoms with Crippen LogP contribution in [0.25, 0.3) is 0 Å². The molecule has 0 spiro atoms. The maximum Gasteiger partial charge on any atom is 0.311 e. The van der Waals surface area contributed by atoms with E-state index in [4.69, 9.17) is 4.74 Å². The zero-order valence-electron chi connectivity index (χ0n) is 12.6. The number of thiazole rings is 1. The molecule has 0 radical (unpaired) electrons. The quantitative estimate of drug-likeness (QED) is 0.782. The second-order valence-electron chi connectivity index (χ2n) is 5.63. The van der Waals surface area contributed by atoms with Crippen molar-refractivity contribution in [2.45, 2.75) is 52.0 Å². The molecule has 0 aromatic carbocycles. The number of rotatable bonds is 5. The van der Waals surface area contributed by atoms with Crippen LogP contribution < -0.4 is 4.90 Å². The van der Waals surface area contributed by atoms with E-state index in [2.05, 4.69) is 23.9 Å². The first kappa shape index (κ1) is 15.3. The van der Waals surface area contributed by atoms with Gasteiger partial charge in [-0.25, -0.2) is 4.98 Å². The fourth-order valence-electron chi connectivity index (χ4n) is 2.69. The fraction of sp³-hybridized carbons (Fsp3) is 0.733. The van der Waals surface area contributed by atoms with Gasteiger partial charge in [0.25, 0.3) is 0 Å². The largest absolute Gasteiger partial charge is 0.466 e. The van der Waals surface area contributed by atoms with E-state index in [-0.39, 0.29) is 12.4 Å². The van der Waals surface area contributed by atoms with E-state index in [0.717, 1.165) is 16.7 Å². The van der Waals surface area contributed by atoms with E-state index in [1.165, 1.54) is 25.7 Å². The highest BCUT2D eigenvalue weighted by Crippen LogP contribution is 2.30. The monoisotopic (exact) mass is 296 g/mol. The summed E-state index contributed by atoms with van der Waals surface area (Å²) < 4.78 is 4.96. The normalized spacial score (nSPS) is 22.6. The van der Waals surface area contributed by atoms with Crippen molar-refractivity contribution in [3.05, 3.63) is 11.1 Å². The van der Waals surface area contributed by atoms with Gasteiger partial charge in [0.05, 0.1) is 18.7 Å². The SMILES string of the molecule is CCOC(=O)Cc1csc(N(C)C2CCC(C)CC2)n1. The Kier molecular flexibility index (Phi) is 5.40. The Morgan fingerprint density at radius 2 is 2.15 bits per heavy atom. The van der Waals surface area contributed by atoms with E-state index in [1.54, 1.807) is 11.3 Å². The Balaban J connectivity index is 1.92. The van der Waals surface area contributed by atoms with Crippen LogP contribution in [-0.2, 0) is 16.0 Å². The van der Waals surface area contributed by atoms with Crippen molar-refractivity contribution in [2.24, 2.45) is 5.92 Å². The zero-order valence-corrected chi connectivity index (χ0v) is 13.4. The molecule has 0 N–H and O–H groups in total. The summed E-state index contributed by atoms with van der Waals surface area (Å²) in [6, 6.07) is 0.591. The number of nitrogens with zero attached hydrogens (tertiary/aromatic N) is 2. The van der Waals surface area contributed by atoms with Crippen LogP contribution in [0.4, 0.5) is 5.13 Å². The maximum absolute atomic E-state index is 11.5. The molecule has 0 amide bonds. The molecule has 4 nitrogen and oxygen atoms in total. The van der Waals surface area contributed by atoms with Gasteiger partial charge in [0.1, 0.15) is 0 Å². The maximum atomic E-state index is 11.5. The number of hydrogen-bond donors (Lipinski definition) is 0. The first-order chi connectivity index (χ1) is 9.60. The number of anilines is 1. The van der Waals surface area contributed by atoms with Crippen molar-refractivity contribution in [3.63, 3.8) is 0 Å². The Bertz CT molecular complexity index is 439. The Morgan fingerprint density at radius 1 is 1.45 bits per heavy atom. The predicted octanol–water partition coefficient (Wildman–Crippen LogP) is 3.26. The van der Waals surface area contributed by atoms with Gasteiger partial charge >= 0.3 is 5.97 Å². The van der Waals surface area contributed by atoms with Gasteiger partial charge < -0.3 is 9.64 Å². The van der Waals surface area contributed by atoms with Crippen LogP contribution in [0.1, 0.15) is 45.2 Å². The number of esters is 1. The first-order valence-corrected chi connectivity index (χ1v) is 8.31. The van der Waals surface area contributed by atoms with Crippen LogP contribution in [0, 0.1) is 5.92 Å². The summed E-state index contributed by atoms with van der Waals surface area (Å²) in [6.07, 6.45) is 5.36. The molecule has 1 aromatic rings. The third-order valence-corrected chi connectivity index (χ3v) is 4.99. The van der Waals surface area contributed by atoms with Crippen LogP contribution >= 0.6 is 11.3 Å². The minimum atomic E-state index is -0.196. The molecule has 2 rings (SSSR count). The Morgan fingerprint density at radius 3 is 2.80 bits per heavy atom. The van der Waals surface area contributed by atoms with Gasteiger partial charge in [-0.1, -0.05) is 6.92 Å². The van der Waals surface area contributed by atoms with Crippen LogP contribution in [0.2, 0.25) is 0 Å². The summed E-state index contributed by atoms with van der Waals surface area (Å²) in [5.41, 5.74) is 0.819. The summed E-state index contributed by atoms with van der Waals surface area (Å²) in [5, 5.41) is 2.98. The topological polar surface area (TPSA) is 42.4 Å². The lowest BCUT2D eigenvalue weighted by Gasteiger charge is -2.33. The van der Waals surface area contributed by atoms with E-state index >= 15 is 0 Å². The van der Waals surface area contributed by atoms with Gasteiger partial charge in [-0.05, 0) is 38.5 Å². The molecule has 0 unspecified atom stereocenters. The molecule has 1 saturated carbocycles. The molecule has 0 bridgehead atoms. The van der Waals surface area contributed by atoms with Crippen molar-refractivity contribution in [1.82, 2.24) is 4.98 Å². The molecule has 1 aromatic heterocycles. The second-order valence-corrected chi connectivity index (χ2v) is 6.46. The lowest BCUT2D eigenvalue weighted by molar-refractivity contribution is -0.142. The Hall–Kier alpha value is -1.10. The summed E-state index contributed by atoms with van der Waals surface area (Å²) >= 11 is 1.62. The molecule has 20 heavy (non-hydrogen) atoms. The second kappa shape index (κ2) is 7.07. The third-order valence-electron chi connectivity index (χ3n) is 4.01. The van der Waals surface area contributed by atoms with Gasteiger partial charge in [0.15, 0.2) is 5.13 Å². The number of ether oxygens (including phenoxy) is 1. The third kappa shape index (κ3) is 3.95. The smallest absolute Gasteiger partial charge is 0.311 e. The molecule has 1 aliphatic carbocycles. The zero-order chi connectivity index (χ0) is 14.5. The Labute approximate surface area is 125 Å². The highest BCUT2D eigenvalue weighted by molar-refractivity contribution is 7.13. The number of carbonyl (C=O) groups excluding carboxylic acids is 1. The van der Waals surface area contributed by atoms with Crippen LogP contribution in [-0.4, -0.2) is 30.6 Å². The van der Waals surface area contributed by atoms with E-state index in [1.807, 2.05) is 12.3 Å². The fourth-order valence-corrected chi connectivity index (χ4v) is 3.55. The van der Waals surface area contributed by atoms with Crippen molar-refractivity contribution in [2.75, 3.05) is 18.6 Å². The van der Waals surface area contributed by atoms with Gasteiger partial charge in [-0.15, -0.1) is 11.3 Å². The van der Waals surface area contributed by atoms with Crippen molar-refractivity contribution >= 4 is 22.4 Å². The van der Waals surface area contributed by atoms with E-state index < -0.39 is 0 Å². The molecule has 1 heterocycles. The number of hydrogen-bond acceptors (Lipinski definition) is 5. The molecule has 112 valence electrons. The molecule has 5 heteroatoms. The van der Waals surface area contributed by atoms with Gasteiger partial charge in [-0.3, -0.25) is 4.79 Å². The summed E-state index contributed by atoms with van der Waals surface area (Å²) in [5.74, 6) is 0.661. The first-order valence-electron chi connectivity index (χ1n) is 7.43. The highest BCUT2D eigenvalue weighted by atomic mass is 32.1. The summed E-state index contributed by atoms with van der Waals surface area (Å²) in [6.45, 7) is 4.58. The highest BCUT2D eigenvalue weighted by Gasteiger charge is 2.23. The average Bonchev–Trinajstić information content (AvgIpc) is 2.87. The standard InChI is InChI=1S/C15H24N2O2S/c1-4-19-14(18)9-12-10-20-15(16-12)17(3)13-7-5-11(2)6-8-13/h10-11,13H,4-9H2,1-3H3. The lowest BCUT2D eigenvalue weighted by atomic mass is 9.87. The molecule has 0 aliphatic heterocycles. The van der Waals surface area contributed by atoms with E-state index in [9.17, 15) is 4.79 Å². The van der Waals surface area contributed by atoms with Gasteiger partial charge in [-0.2, -0.15) is 0 Å². The molecular weight excluding hydrogens is 272 g/mol. The summed E-state index contributed by atoms with van der Waals surface area (Å²) in [4.78, 5) is 18.3.